The first kappa shape index (κ1) is 27.6. The number of thiazole rings is 1. The molecule has 3 aliphatic heterocycles. The first-order valence-electron chi connectivity index (χ1n) is 12.5. The zero-order valence-corrected chi connectivity index (χ0v) is 24.3. The molecule has 41 heavy (non-hydrogen) atoms. The average molecular weight is 662 g/mol. The summed E-state index contributed by atoms with van der Waals surface area (Å²) in [5, 5.41) is 10.8. The van der Waals surface area contributed by atoms with Crippen LogP contribution in [0.15, 0.2) is 56.8 Å². The Hall–Kier alpha value is -3.53. The molecule has 3 atom stereocenters. The minimum absolute atomic E-state index is 0.167. The molecular weight excluding hydrogens is 640 g/mol. The number of amides is 3. The molecule has 2 saturated heterocycles. The molecule has 0 spiro atoms. The van der Waals surface area contributed by atoms with Crippen LogP contribution in [0.4, 0.5) is 11.4 Å². The Morgan fingerprint density at radius 3 is 2.56 bits per heavy atom. The summed E-state index contributed by atoms with van der Waals surface area (Å²) in [6.07, 6.45) is 0. The molecule has 0 bridgehead atoms. The van der Waals surface area contributed by atoms with E-state index < -0.39 is 33.8 Å². The van der Waals surface area contributed by atoms with Crippen molar-refractivity contribution in [2.45, 2.75) is 16.2 Å². The number of carbonyl (C=O) groups excluding carboxylic acids is 3. The smallest absolute Gasteiger partial charge is 0.305 e. The molecule has 6 rings (SSSR count). The van der Waals surface area contributed by atoms with Gasteiger partial charge in [-0.3, -0.25) is 29.3 Å². The number of nitro groups is 1. The van der Waals surface area contributed by atoms with Gasteiger partial charge in [-0.15, -0.1) is 0 Å². The van der Waals surface area contributed by atoms with Crippen LogP contribution in [0.3, 0.4) is 0 Å². The lowest BCUT2D eigenvalue weighted by Crippen LogP contribution is -2.43. The van der Waals surface area contributed by atoms with Crippen molar-refractivity contribution in [2.24, 2.45) is 5.92 Å². The fourth-order valence-electron chi connectivity index (χ4n) is 5.27. The number of halogens is 1. The van der Waals surface area contributed by atoms with E-state index in [1.165, 1.54) is 24.3 Å². The van der Waals surface area contributed by atoms with Crippen LogP contribution in [0.2, 0.25) is 0 Å². The van der Waals surface area contributed by atoms with Crippen molar-refractivity contribution in [2.75, 3.05) is 37.8 Å². The normalized spacial score (nSPS) is 21.9. The number of anilines is 1. The van der Waals surface area contributed by atoms with E-state index in [9.17, 15) is 29.3 Å². The summed E-state index contributed by atoms with van der Waals surface area (Å²) < 4.78 is 12.0. The van der Waals surface area contributed by atoms with Crippen molar-refractivity contribution in [1.82, 2.24) is 9.88 Å². The van der Waals surface area contributed by atoms with Crippen LogP contribution in [0.5, 0.6) is 5.75 Å². The van der Waals surface area contributed by atoms with E-state index in [1.54, 1.807) is 23.1 Å². The number of rotatable bonds is 6. The largest absolute Gasteiger partial charge is 0.483 e. The maximum Gasteiger partial charge on any atom is 0.305 e. The van der Waals surface area contributed by atoms with E-state index in [4.69, 9.17) is 9.47 Å². The van der Waals surface area contributed by atoms with Crippen LogP contribution in [-0.4, -0.2) is 70.7 Å². The fourth-order valence-corrected chi connectivity index (χ4v) is 8.15. The molecule has 3 aromatic rings. The SMILES string of the molecule is O=C(COc1ccc(Br)cc1[C@@H]1c2sc(=O)[nH]c2S[C@H]2C(=O)N(c3ccc([N+](=O)[O-])cc3)C(=O)[C@@H]12)N1CCOCC1. The quantitative estimate of drug-likeness (QED) is 0.239. The Bertz CT molecular complexity index is 1620. The van der Waals surface area contributed by atoms with Crippen LogP contribution in [0.1, 0.15) is 16.4 Å². The fraction of sp³-hybridized carbons (Fsp3) is 0.308. The Morgan fingerprint density at radius 1 is 1.12 bits per heavy atom. The highest BCUT2D eigenvalue weighted by Crippen LogP contribution is 2.54. The molecule has 2 aromatic carbocycles. The van der Waals surface area contributed by atoms with E-state index in [0.717, 1.165) is 28.0 Å². The Labute approximate surface area is 248 Å². The van der Waals surface area contributed by atoms with Gasteiger partial charge < -0.3 is 19.4 Å². The molecule has 2 fully saturated rings. The predicted molar refractivity (Wildman–Crippen MR) is 153 cm³/mol. The third-order valence-corrected chi connectivity index (χ3v) is 10.1. The highest BCUT2D eigenvalue weighted by molar-refractivity contribution is 9.10. The van der Waals surface area contributed by atoms with Crippen LogP contribution in [-0.2, 0) is 19.1 Å². The maximum atomic E-state index is 14.0. The molecule has 1 aromatic heterocycles. The number of aromatic nitrogens is 1. The highest BCUT2D eigenvalue weighted by atomic mass is 79.9. The predicted octanol–water partition coefficient (Wildman–Crippen LogP) is 3.14. The van der Waals surface area contributed by atoms with Crippen LogP contribution < -0.4 is 14.5 Å². The van der Waals surface area contributed by atoms with E-state index in [2.05, 4.69) is 20.9 Å². The maximum absolute atomic E-state index is 14.0. The van der Waals surface area contributed by atoms with Gasteiger partial charge in [-0.2, -0.15) is 0 Å². The summed E-state index contributed by atoms with van der Waals surface area (Å²) in [5.74, 6) is -2.46. The van der Waals surface area contributed by atoms with Crippen LogP contribution >= 0.6 is 39.0 Å². The van der Waals surface area contributed by atoms with Crippen LogP contribution in [0.25, 0.3) is 0 Å². The number of H-pyrrole nitrogens is 1. The molecule has 12 nitrogen and oxygen atoms in total. The summed E-state index contributed by atoms with van der Waals surface area (Å²) in [6, 6.07) is 10.4. The van der Waals surface area contributed by atoms with Crippen molar-refractivity contribution < 1.29 is 28.8 Å². The number of benzene rings is 2. The standard InChI is InChI=1S/C26H21BrN4O8S2/c27-13-1-6-17(39-12-18(32)29-7-9-38-10-8-29)16(11-13)19-20-22(40-23-21(19)41-26(35)28-23)25(34)30(24(20)33)14-2-4-15(5-3-14)31(36)37/h1-6,11,19-20,22H,7-10,12H2,(H,28,35)/t19-,20-,22+/m0/s1. The van der Waals surface area contributed by atoms with Gasteiger partial charge in [0.15, 0.2) is 6.61 Å². The molecule has 15 heteroatoms. The topological polar surface area (TPSA) is 152 Å². The highest BCUT2D eigenvalue weighted by Gasteiger charge is 2.57. The van der Waals surface area contributed by atoms with Gasteiger partial charge in [0.1, 0.15) is 11.0 Å². The lowest BCUT2D eigenvalue weighted by molar-refractivity contribution is -0.384. The third-order valence-electron chi connectivity index (χ3n) is 7.16. The van der Waals surface area contributed by atoms with Gasteiger partial charge in [-0.25, -0.2) is 4.90 Å². The number of aromatic amines is 1. The third kappa shape index (κ3) is 5.07. The number of non-ortho nitro benzene ring substituents is 1. The monoisotopic (exact) mass is 660 g/mol. The second-order valence-corrected chi connectivity index (χ2v) is 12.6. The molecule has 3 amide bonds. The van der Waals surface area contributed by atoms with Crippen molar-refractivity contribution in [1.29, 1.82) is 0 Å². The summed E-state index contributed by atoms with van der Waals surface area (Å²) in [7, 11) is 0. The number of nitrogens with one attached hydrogen (secondary N) is 1. The molecule has 1 N–H and O–H groups in total. The van der Waals surface area contributed by atoms with E-state index in [-0.39, 0.29) is 28.8 Å². The molecule has 0 saturated carbocycles. The number of hydrogen-bond donors (Lipinski definition) is 1. The number of nitrogens with zero attached hydrogens (tertiary/aromatic N) is 3. The average Bonchev–Trinajstić information content (AvgIpc) is 3.46. The number of nitro benzene ring substituents is 1. The van der Waals surface area contributed by atoms with Gasteiger partial charge in [0.25, 0.3) is 11.6 Å². The zero-order valence-electron chi connectivity index (χ0n) is 21.1. The number of ether oxygens (including phenoxy) is 2. The lowest BCUT2D eigenvalue weighted by atomic mass is 9.82. The second kappa shape index (κ2) is 11.0. The summed E-state index contributed by atoms with van der Waals surface area (Å²) in [5.41, 5.74) is 0.602. The molecule has 212 valence electrons. The Morgan fingerprint density at radius 2 is 1.85 bits per heavy atom. The number of fused-ring (bicyclic) bond motifs is 2. The number of hydrogen-bond acceptors (Lipinski definition) is 10. The number of thioether (sulfide) groups is 1. The lowest BCUT2D eigenvalue weighted by Gasteiger charge is -2.31. The number of imide groups is 1. The summed E-state index contributed by atoms with van der Waals surface area (Å²) in [4.78, 5) is 69.2. The van der Waals surface area contributed by atoms with Gasteiger partial charge >= 0.3 is 4.87 Å². The molecule has 4 heterocycles. The molecule has 0 aliphatic carbocycles. The first-order chi connectivity index (χ1) is 19.7. The first-order valence-corrected chi connectivity index (χ1v) is 15.0. The minimum atomic E-state index is -0.895. The van der Waals surface area contributed by atoms with Gasteiger partial charge in [0.2, 0.25) is 11.8 Å². The van der Waals surface area contributed by atoms with Gasteiger partial charge in [0.05, 0.1) is 34.8 Å². The molecule has 3 aliphatic rings. The van der Waals surface area contributed by atoms with Crippen molar-refractivity contribution in [3.63, 3.8) is 0 Å². The second-order valence-electron chi connectivity index (χ2n) is 9.50. The molecule has 0 radical (unpaired) electrons. The zero-order chi connectivity index (χ0) is 28.8. The van der Waals surface area contributed by atoms with Crippen LogP contribution in [0, 0.1) is 16.0 Å². The van der Waals surface area contributed by atoms with Crippen molar-refractivity contribution in [3.05, 3.63) is 77.2 Å². The van der Waals surface area contributed by atoms with Gasteiger partial charge in [-0.1, -0.05) is 39.0 Å². The van der Waals surface area contributed by atoms with Crippen molar-refractivity contribution >= 4 is 68.1 Å². The van der Waals surface area contributed by atoms with E-state index in [1.807, 2.05) is 0 Å². The summed E-state index contributed by atoms with van der Waals surface area (Å²) >= 11 is 5.57. The summed E-state index contributed by atoms with van der Waals surface area (Å²) in [6.45, 7) is 1.61. The number of carbonyl (C=O) groups is 3. The molecule has 0 unspecified atom stereocenters. The van der Waals surface area contributed by atoms with E-state index >= 15 is 0 Å². The van der Waals surface area contributed by atoms with E-state index in [0.29, 0.717) is 52.0 Å². The number of morpholine rings is 1. The van der Waals surface area contributed by atoms with Gasteiger partial charge in [0, 0.05) is 46.1 Å². The Balaban J connectivity index is 1.38. The Kier molecular flexibility index (Phi) is 7.44. The minimum Gasteiger partial charge on any atom is -0.483 e. The van der Waals surface area contributed by atoms with Crippen molar-refractivity contribution in [3.8, 4) is 5.75 Å². The van der Waals surface area contributed by atoms with Gasteiger partial charge in [-0.05, 0) is 30.3 Å². The molecular formula is C26H21BrN4O8S2.